The van der Waals surface area contributed by atoms with Crippen molar-refractivity contribution in [1.82, 2.24) is 19.3 Å². The lowest BCUT2D eigenvalue weighted by atomic mass is 10.4. The average Bonchev–Trinajstić information content (AvgIpc) is 2.68. The molecule has 6 nitrogen and oxygen atoms in total. The molecule has 0 amide bonds. The molecule has 0 aliphatic carbocycles. The molecule has 2 aromatic heterocycles. The summed E-state index contributed by atoms with van der Waals surface area (Å²) in [4.78, 5) is 15.7. The first-order chi connectivity index (χ1) is 8.15. The summed E-state index contributed by atoms with van der Waals surface area (Å²) >= 11 is 0. The van der Waals surface area contributed by atoms with Gasteiger partial charge in [0.25, 0.3) is 5.56 Å². The average molecular weight is 233 g/mol. The molecule has 2 heterocycles. The van der Waals surface area contributed by atoms with E-state index in [1.54, 1.807) is 28.6 Å². The molecule has 0 aliphatic heterocycles. The topological polar surface area (TPSA) is 78.7 Å². The molecule has 0 bridgehead atoms. The highest BCUT2D eigenvalue weighted by Crippen LogP contribution is 1.98. The minimum Gasteiger partial charge on any atom is -0.382 e. The minimum atomic E-state index is -0.0162. The first-order valence-corrected chi connectivity index (χ1v) is 5.47. The second kappa shape index (κ2) is 4.82. The van der Waals surface area contributed by atoms with Gasteiger partial charge >= 0.3 is 0 Å². The van der Waals surface area contributed by atoms with Crippen molar-refractivity contribution in [2.24, 2.45) is 0 Å². The van der Waals surface area contributed by atoms with Crippen LogP contribution in [0.25, 0.3) is 0 Å². The maximum atomic E-state index is 11.6. The Balaban J connectivity index is 1.92. The van der Waals surface area contributed by atoms with Gasteiger partial charge in [0, 0.05) is 31.0 Å². The SMILES string of the molecule is Cc1cc(=O)n(CCCn2ccc(N)n2)cn1. The number of nitrogens with two attached hydrogens (primary N) is 1. The number of nitrogen functional groups attached to an aromatic ring is 1. The monoisotopic (exact) mass is 233 g/mol. The Morgan fingerprint density at radius 3 is 2.88 bits per heavy atom. The fourth-order valence-electron chi connectivity index (χ4n) is 1.59. The van der Waals surface area contributed by atoms with E-state index in [9.17, 15) is 4.79 Å². The number of aryl methyl sites for hydroxylation is 3. The van der Waals surface area contributed by atoms with Crippen LogP contribution in [0.1, 0.15) is 12.1 Å². The van der Waals surface area contributed by atoms with Crippen LogP contribution in [0.15, 0.2) is 29.5 Å². The van der Waals surface area contributed by atoms with Crippen molar-refractivity contribution in [3.8, 4) is 0 Å². The molecule has 90 valence electrons. The highest BCUT2D eigenvalue weighted by molar-refractivity contribution is 5.23. The normalized spacial score (nSPS) is 10.6. The van der Waals surface area contributed by atoms with Gasteiger partial charge in [-0.2, -0.15) is 5.10 Å². The summed E-state index contributed by atoms with van der Waals surface area (Å²) in [7, 11) is 0. The number of nitrogens with zero attached hydrogens (tertiary/aromatic N) is 4. The predicted octanol–water partition coefficient (Wildman–Crippen LogP) is 0.421. The second-order valence-electron chi connectivity index (χ2n) is 3.92. The van der Waals surface area contributed by atoms with Crippen molar-refractivity contribution in [3.63, 3.8) is 0 Å². The molecule has 0 atom stereocenters. The first-order valence-electron chi connectivity index (χ1n) is 5.47. The summed E-state index contributed by atoms with van der Waals surface area (Å²) in [6, 6.07) is 3.28. The van der Waals surface area contributed by atoms with Gasteiger partial charge in [-0.05, 0) is 19.4 Å². The largest absolute Gasteiger partial charge is 0.382 e. The highest BCUT2D eigenvalue weighted by atomic mass is 16.1. The van der Waals surface area contributed by atoms with E-state index in [4.69, 9.17) is 5.73 Å². The van der Waals surface area contributed by atoms with Gasteiger partial charge in [-0.15, -0.1) is 0 Å². The highest BCUT2D eigenvalue weighted by Gasteiger charge is 1.98. The van der Waals surface area contributed by atoms with Crippen molar-refractivity contribution in [2.75, 3.05) is 5.73 Å². The molecule has 0 spiro atoms. The lowest BCUT2D eigenvalue weighted by molar-refractivity contribution is 0.516. The van der Waals surface area contributed by atoms with E-state index in [0.29, 0.717) is 12.4 Å². The third-order valence-corrected chi connectivity index (χ3v) is 2.46. The van der Waals surface area contributed by atoms with Crippen LogP contribution < -0.4 is 11.3 Å². The van der Waals surface area contributed by atoms with Crippen LogP contribution >= 0.6 is 0 Å². The fraction of sp³-hybridized carbons (Fsp3) is 0.364. The molecule has 0 radical (unpaired) electrons. The van der Waals surface area contributed by atoms with Gasteiger partial charge in [-0.3, -0.25) is 14.0 Å². The quantitative estimate of drug-likeness (QED) is 0.830. The van der Waals surface area contributed by atoms with Crippen LogP contribution in [0, 0.1) is 6.92 Å². The van der Waals surface area contributed by atoms with Crippen molar-refractivity contribution < 1.29 is 0 Å². The number of hydrogen-bond donors (Lipinski definition) is 1. The van der Waals surface area contributed by atoms with Crippen LogP contribution in [0.4, 0.5) is 5.82 Å². The third-order valence-electron chi connectivity index (χ3n) is 2.46. The van der Waals surface area contributed by atoms with Gasteiger partial charge in [0.2, 0.25) is 0 Å². The number of anilines is 1. The molecule has 0 fully saturated rings. The zero-order valence-electron chi connectivity index (χ0n) is 9.71. The molecule has 6 heteroatoms. The molecule has 0 aromatic carbocycles. The lowest BCUT2D eigenvalue weighted by Gasteiger charge is -2.05. The van der Waals surface area contributed by atoms with Gasteiger partial charge in [0.05, 0.1) is 6.33 Å². The number of aromatic nitrogens is 4. The Labute approximate surface area is 98.7 Å². The van der Waals surface area contributed by atoms with E-state index < -0.39 is 0 Å². The number of hydrogen-bond acceptors (Lipinski definition) is 4. The van der Waals surface area contributed by atoms with Crippen molar-refractivity contribution >= 4 is 5.82 Å². The van der Waals surface area contributed by atoms with Crippen molar-refractivity contribution in [1.29, 1.82) is 0 Å². The zero-order valence-corrected chi connectivity index (χ0v) is 9.71. The fourth-order valence-corrected chi connectivity index (χ4v) is 1.59. The summed E-state index contributed by atoms with van der Waals surface area (Å²) < 4.78 is 3.36. The van der Waals surface area contributed by atoms with Crippen LogP contribution in [0.3, 0.4) is 0 Å². The Kier molecular flexibility index (Phi) is 3.22. The molecule has 2 rings (SSSR count). The molecule has 0 unspecified atom stereocenters. The Hall–Kier alpha value is -2.11. The molecule has 0 saturated carbocycles. The smallest absolute Gasteiger partial charge is 0.253 e. The predicted molar refractivity (Wildman–Crippen MR) is 64.5 cm³/mol. The summed E-state index contributed by atoms with van der Waals surface area (Å²) in [6.45, 7) is 3.17. The van der Waals surface area contributed by atoms with Gasteiger partial charge < -0.3 is 5.73 Å². The summed E-state index contributed by atoms with van der Waals surface area (Å²) in [5, 5.41) is 4.07. The Morgan fingerprint density at radius 1 is 1.41 bits per heavy atom. The summed E-state index contributed by atoms with van der Waals surface area (Å²) in [6.07, 6.45) is 4.21. The zero-order chi connectivity index (χ0) is 12.3. The molecule has 0 aliphatic rings. The van der Waals surface area contributed by atoms with Gasteiger partial charge in [-0.25, -0.2) is 4.98 Å². The van der Waals surface area contributed by atoms with Gasteiger partial charge in [-0.1, -0.05) is 0 Å². The van der Waals surface area contributed by atoms with Crippen LogP contribution in [0.2, 0.25) is 0 Å². The van der Waals surface area contributed by atoms with Gasteiger partial charge in [0.1, 0.15) is 5.82 Å². The maximum Gasteiger partial charge on any atom is 0.253 e. The first kappa shape index (κ1) is 11.4. The summed E-state index contributed by atoms with van der Waals surface area (Å²) in [5.41, 5.74) is 6.23. The van der Waals surface area contributed by atoms with E-state index in [0.717, 1.165) is 18.7 Å². The molecule has 17 heavy (non-hydrogen) atoms. The van der Waals surface area contributed by atoms with Crippen molar-refractivity contribution in [2.45, 2.75) is 26.4 Å². The Morgan fingerprint density at radius 2 is 2.24 bits per heavy atom. The van der Waals surface area contributed by atoms with E-state index in [1.165, 1.54) is 6.07 Å². The van der Waals surface area contributed by atoms with Gasteiger partial charge in [0.15, 0.2) is 0 Å². The van der Waals surface area contributed by atoms with E-state index >= 15 is 0 Å². The number of rotatable bonds is 4. The van der Waals surface area contributed by atoms with Crippen LogP contribution in [0.5, 0.6) is 0 Å². The molecular formula is C11H15N5O. The second-order valence-corrected chi connectivity index (χ2v) is 3.92. The molecule has 2 N–H and O–H groups in total. The standard InChI is InChI=1S/C11H15N5O/c1-9-7-11(17)15(8-13-9)4-2-5-16-6-3-10(12)14-16/h3,6-8H,2,4-5H2,1H3,(H2,12,14). The third kappa shape index (κ3) is 2.93. The van der Waals surface area contributed by atoms with Crippen LogP contribution in [-0.2, 0) is 13.1 Å². The Bertz CT molecular complexity index is 557. The lowest BCUT2D eigenvalue weighted by Crippen LogP contribution is -2.20. The molecule has 2 aromatic rings. The van der Waals surface area contributed by atoms with E-state index in [2.05, 4.69) is 10.1 Å². The molecular weight excluding hydrogens is 218 g/mol. The van der Waals surface area contributed by atoms with Crippen LogP contribution in [-0.4, -0.2) is 19.3 Å². The molecule has 0 saturated heterocycles. The van der Waals surface area contributed by atoms with E-state index in [-0.39, 0.29) is 5.56 Å². The minimum absolute atomic E-state index is 0.0162. The maximum absolute atomic E-state index is 11.6. The van der Waals surface area contributed by atoms with E-state index in [1.807, 2.05) is 6.20 Å². The van der Waals surface area contributed by atoms with Crippen molar-refractivity contribution in [3.05, 3.63) is 40.7 Å². The summed E-state index contributed by atoms with van der Waals surface area (Å²) in [5.74, 6) is 0.513.